The van der Waals surface area contributed by atoms with Gasteiger partial charge in [0.1, 0.15) is 0 Å². The number of hydrogen-bond acceptors (Lipinski definition) is 3. The lowest BCUT2D eigenvalue weighted by Gasteiger charge is -2.40. The number of hydrogen-bond donors (Lipinski definition) is 1. The van der Waals surface area contributed by atoms with E-state index in [0.29, 0.717) is 19.8 Å². The quantitative estimate of drug-likeness (QED) is 0.907. The van der Waals surface area contributed by atoms with Gasteiger partial charge in [-0.2, -0.15) is 0 Å². The fourth-order valence-electron chi connectivity index (χ4n) is 3.46. The minimum absolute atomic E-state index is 0.00736. The van der Waals surface area contributed by atoms with Crippen LogP contribution in [0.3, 0.4) is 0 Å². The zero-order valence-corrected chi connectivity index (χ0v) is 12.7. The van der Waals surface area contributed by atoms with Gasteiger partial charge >= 0.3 is 5.97 Å². The maximum Gasteiger partial charge on any atom is 0.312 e. The highest BCUT2D eigenvalue weighted by molar-refractivity contribution is 5.85. The maximum atomic E-state index is 12.9. The van der Waals surface area contributed by atoms with Crippen LogP contribution in [0.2, 0.25) is 0 Å². The van der Waals surface area contributed by atoms with E-state index in [9.17, 15) is 14.7 Å². The molecule has 1 amide bonds. The van der Waals surface area contributed by atoms with Crippen LogP contribution in [-0.4, -0.2) is 41.6 Å². The van der Waals surface area contributed by atoms with Gasteiger partial charge in [-0.1, -0.05) is 24.3 Å². The third-order valence-corrected chi connectivity index (χ3v) is 4.73. The van der Waals surface area contributed by atoms with Gasteiger partial charge in [0.05, 0.1) is 17.9 Å². The molecule has 0 spiro atoms. The number of fused-ring (bicyclic) bond motifs is 1. The van der Waals surface area contributed by atoms with E-state index in [1.807, 2.05) is 31.2 Å². The molecule has 2 unspecified atom stereocenters. The minimum atomic E-state index is -0.880. The predicted molar refractivity (Wildman–Crippen MR) is 80.4 cm³/mol. The fourth-order valence-corrected chi connectivity index (χ4v) is 3.46. The molecule has 0 saturated carbocycles. The van der Waals surface area contributed by atoms with Crippen LogP contribution in [0.4, 0.5) is 0 Å². The van der Waals surface area contributed by atoms with Gasteiger partial charge in [-0.05, 0) is 30.9 Å². The fraction of sp³-hybridized carbons (Fsp3) is 0.529. The van der Waals surface area contributed by atoms with Crippen molar-refractivity contribution < 1.29 is 19.4 Å². The van der Waals surface area contributed by atoms with E-state index in [1.165, 1.54) is 0 Å². The second-order valence-electron chi connectivity index (χ2n) is 6.49. The Balaban J connectivity index is 1.87. The third-order valence-electron chi connectivity index (χ3n) is 4.73. The van der Waals surface area contributed by atoms with Crippen molar-refractivity contribution >= 4 is 11.9 Å². The highest BCUT2D eigenvalue weighted by atomic mass is 16.5. The van der Waals surface area contributed by atoms with Gasteiger partial charge in [0.25, 0.3) is 0 Å². The van der Waals surface area contributed by atoms with Crippen molar-refractivity contribution in [3.8, 4) is 0 Å². The average Bonchev–Trinajstić information content (AvgIpc) is 2.53. The molecule has 2 aliphatic rings. The molecule has 1 aromatic rings. The molecule has 1 fully saturated rings. The lowest BCUT2D eigenvalue weighted by molar-refractivity contribution is -0.151. The Bertz CT molecular complexity index is 592. The highest BCUT2D eigenvalue weighted by Gasteiger charge is 2.41. The molecule has 22 heavy (non-hydrogen) atoms. The Hall–Kier alpha value is -1.88. The Labute approximate surface area is 129 Å². The number of rotatable bonds is 2. The number of benzene rings is 1. The zero-order valence-electron chi connectivity index (χ0n) is 12.7. The molecule has 1 saturated heterocycles. The Morgan fingerprint density at radius 1 is 1.36 bits per heavy atom. The first-order valence-corrected chi connectivity index (χ1v) is 7.69. The second kappa shape index (κ2) is 5.72. The van der Waals surface area contributed by atoms with Gasteiger partial charge < -0.3 is 14.7 Å². The van der Waals surface area contributed by atoms with Crippen LogP contribution in [0, 0.1) is 5.41 Å². The van der Waals surface area contributed by atoms with Crippen LogP contribution in [0.25, 0.3) is 0 Å². The smallest absolute Gasteiger partial charge is 0.312 e. The monoisotopic (exact) mass is 303 g/mol. The molecule has 0 aromatic heterocycles. The van der Waals surface area contributed by atoms with Crippen molar-refractivity contribution in [2.75, 3.05) is 19.8 Å². The van der Waals surface area contributed by atoms with Crippen molar-refractivity contribution in [1.82, 2.24) is 4.90 Å². The molecule has 0 radical (unpaired) electrons. The number of carbonyl (C=O) groups is 2. The number of amides is 1. The lowest BCUT2D eigenvalue weighted by Crippen LogP contribution is -2.49. The molecule has 2 atom stereocenters. The predicted octanol–water partition coefficient (Wildman–Crippen LogP) is 2.01. The standard InChI is InChI=1S/C17H21NO4/c1-17(7-4-8-22-11-17)16(21)18-9-12-5-2-3-6-13(12)14(10-18)15(19)20/h2-3,5-6,14H,4,7-11H2,1H3,(H,19,20). The molecule has 0 aliphatic carbocycles. The SMILES string of the molecule is CC1(C(=O)N2Cc3ccccc3C(C(=O)O)C2)CCCOC1. The summed E-state index contributed by atoms with van der Waals surface area (Å²) in [7, 11) is 0. The van der Waals surface area contributed by atoms with Crippen LogP contribution in [0.5, 0.6) is 0 Å². The molecule has 2 aliphatic heterocycles. The molecule has 5 nitrogen and oxygen atoms in total. The summed E-state index contributed by atoms with van der Waals surface area (Å²) in [6.45, 7) is 3.76. The molecule has 5 heteroatoms. The van der Waals surface area contributed by atoms with Crippen molar-refractivity contribution in [2.24, 2.45) is 5.41 Å². The Morgan fingerprint density at radius 3 is 2.82 bits per heavy atom. The van der Waals surface area contributed by atoms with E-state index in [-0.39, 0.29) is 12.5 Å². The number of aliphatic carboxylic acids is 1. The van der Waals surface area contributed by atoms with Gasteiger partial charge in [-0.3, -0.25) is 9.59 Å². The molecule has 2 heterocycles. The van der Waals surface area contributed by atoms with Crippen LogP contribution < -0.4 is 0 Å². The molecule has 1 aromatic carbocycles. The van der Waals surface area contributed by atoms with Crippen LogP contribution in [-0.2, 0) is 20.9 Å². The first-order chi connectivity index (χ1) is 10.5. The topological polar surface area (TPSA) is 66.8 Å². The molecular formula is C17H21NO4. The van der Waals surface area contributed by atoms with E-state index >= 15 is 0 Å². The largest absolute Gasteiger partial charge is 0.481 e. The normalized spacial score (nSPS) is 28.0. The molecule has 0 bridgehead atoms. The van der Waals surface area contributed by atoms with Crippen molar-refractivity contribution in [2.45, 2.75) is 32.2 Å². The van der Waals surface area contributed by atoms with E-state index in [2.05, 4.69) is 0 Å². The minimum Gasteiger partial charge on any atom is -0.481 e. The summed E-state index contributed by atoms with van der Waals surface area (Å²) in [5.74, 6) is -1.52. The number of nitrogens with zero attached hydrogens (tertiary/aromatic N) is 1. The summed E-state index contributed by atoms with van der Waals surface area (Å²) in [5, 5.41) is 9.50. The van der Waals surface area contributed by atoms with Gasteiger partial charge in [-0.25, -0.2) is 0 Å². The van der Waals surface area contributed by atoms with Gasteiger partial charge in [0.15, 0.2) is 0 Å². The molecule has 118 valence electrons. The van der Waals surface area contributed by atoms with Crippen molar-refractivity contribution in [1.29, 1.82) is 0 Å². The van der Waals surface area contributed by atoms with Gasteiger partial charge in [0.2, 0.25) is 5.91 Å². The average molecular weight is 303 g/mol. The summed E-state index contributed by atoms with van der Waals surface area (Å²) in [5.41, 5.74) is 1.21. The van der Waals surface area contributed by atoms with Gasteiger partial charge in [-0.15, -0.1) is 0 Å². The van der Waals surface area contributed by atoms with Crippen LogP contribution >= 0.6 is 0 Å². The lowest BCUT2D eigenvalue weighted by atomic mass is 9.81. The second-order valence-corrected chi connectivity index (χ2v) is 6.49. The van der Waals surface area contributed by atoms with Crippen LogP contribution in [0.1, 0.15) is 36.8 Å². The number of ether oxygens (including phenoxy) is 1. The molecular weight excluding hydrogens is 282 g/mol. The summed E-state index contributed by atoms with van der Waals surface area (Å²) < 4.78 is 5.48. The van der Waals surface area contributed by atoms with E-state index in [4.69, 9.17) is 4.74 Å². The number of carbonyl (C=O) groups excluding carboxylic acids is 1. The van der Waals surface area contributed by atoms with Crippen LogP contribution in [0.15, 0.2) is 24.3 Å². The summed E-state index contributed by atoms with van der Waals surface area (Å²) in [6, 6.07) is 7.49. The first-order valence-electron chi connectivity index (χ1n) is 7.69. The maximum absolute atomic E-state index is 12.9. The van der Waals surface area contributed by atoms with Crippen molar-refractivity contribution in [3.05, 3.63) is 35.4 Å². The highest BCUT2D eigenvalue weighted by Crippen LogP contribution is 2.35. The third kappa shape index (κ3) is 2.61. The summed E-state index contributed by atoms with van der Waals surface area (Å²) in [6.07, 6.45) is 1.66. The number of carboxylic acid groups (broad SMARTS) is 1. The summed E-state index contributed by atoms with van der Waals surface area (Å²) >= 11 is 0. The molecule has 3 rings (SSSR count). The van der Waals surface area contributed by atoms with E-state index in [1.54, 1.807) is 4.90 Å². The van der Waals surface area contributed by atoms with Crippen molar-refractivity contribution in [3.63, 3.8) is 0 Å². The number of carboxylic acids is 1. The van der Waals surface area contributed by atoms with Gasteiger partial charge in [0, 0.05) is 19.7 Å². The Kier molecular flexibility index (Phi) is 3.91. The van der Waals surface area contributed by atoms with E-state index in [0.717, 1.165) is 24.0 Å². The summed E-state index contributed by atoms with van der Waals surface area (Å²) in [4.78, 5) is 26.2. The molecule has 1 N–H and O–H groups in total. The Morgan fingerprint density at radius 2 is 2.14 bits per heavy atom. The zero-order chi connectivity index (χ0) is 15.7. The van der Waals surface area contributed by atoms with E-state index < -0.39 is 17.3 Å². The first kappa shape index (κ1) is 15.0.